The van der Waals surface area contributed by atoms with Gasteiger partial charge in [-0.15, -0.1) is 0 Å². The van der Waals surface area contributed by atoms with Gasteiger partial charge in [0.05, 0.1) is 17.7 Å². The molecule has 94 valence electrons. The lowest BCUT2D eigenvalue weighted by atomic mass is 10.0. The predicted octanol–water partition coefficient (Wildman–Crippen LogP) is 2.81. The van der Waals surface area contributed by atoms with Crippen molar-refractivity contribution in [2.75, 3.05) is 13.7 Å². The van der Waals surface area contributed by atoms with Gasteiger partial charge in [-0.25, -0.2) is 4.39 Å². The van der Waals surface area contributed by atoms with Crippen LogP contribution < -0.4 is 4.74 Å². The normalized spacial score (nSPS) is 21.5. The number of halogens is 2. The van der Waals surface area contributed by atoms with E-state index < -0.39 is 11.9 Å². The van der Waals surface area contributed by atoms with E-state index in [1.165, 1.54) is 13.2 Å². The van der Waals surface area contributed by atoms with E-state index in [2.05, 4.69) is 15.9 Å². The Hall–Kier alpha value is -0.650. The smallest absolute Gasteiger partial charge is 0.141 e. The number of benzene rings is 1. The summed E-state index contributed by atoms with van der Waals surface area (Å²) in [5, 5.41) is 10.2. The first-order chi connectivity index (χ1) is 8.13. The standard InChI is InChI=1S/C12H14BrFO3/c1-16-11-6-9(14)8(13)5-7(11)12(15)10-3-2-4-17-10/h5-6,10,12,15H,2-4H2,1H3. The molecule has 2 atom stereocenters. The molecule has 1 aromatic rings. The molecule has 0 amide bonds. The lowest BCUT2D eigenvalue weighted by Gasteiger charge is -2.20. The Bertz CT molecular complexity index is 405. The predicted molar refractivity (Wildman–Crippen MR) is 64.6 cm³/mol. The molecule has 1 aromatic carbocycles. The van der Waals surface area contributed by atoms with E-state index in [9.17, 15) is 9.50 Å². The zero-order valence-corrected chi connectivity index (χ0v) is 11.0. The third kappa shape index (κ3) is 2.61. The first-order valence-electron chi connectivity index (χ1n) is 5.46. The molecule has 0 saturated carbocycles. The summed E-state index contributed by atoms with van der Waals surface area (Å²) in [4.78, 5) is 0. The van der Waals surface area contributed by atoms with Crippen LogP contribution in [0, 0.1) is 5.82 Å². The molecule has 17 heavy (non-hydrogen) atoms. The van der Waals surface area contributed by atoms with Crippen LogP contribution in [0.3, 0.4) is 0 Å². The molecule has 2 rings (SSSR count). The molecule has 1 fully saturated rings. The topological polar surface area (TPSA) is 38.7 Å². The van der Waals surface area contributed by atoms with Gasteiger partial charge in [-0.3, -0.25) is 0 Å². The minimum atomic E-state index is -0.788. The SMILES string of the molecule is COc1cc(F)c(Br)cc1C(O)C1CCCO1. The molecule has 2 unspecified atom stereocenters. The van der Waals surface area contributed by atoms with Gasteiger partial charge in [0, 0.05) is 18.2 Å². The molecule has 1 N–H and O–H groups in total. The molecule has 1 saturated heterocycles. The largest absolute Gasteiger partial charge is 0.496 e. The van der Waals surface area contributed by atoms with Crippen molar-refractivity contribution in [2.45, 2.75) is 25.0 Å². The lowest BCUT2D eigenvalue weighted by molar-refractivity contribution is -0.00370. The van der Waals surface area contributed by atoms with Crippen molar-refractivity contribution in [1.82, 2.24) is 0 Å². The van der Waals surface area contributed by atoms with Crippen LogP contribution in [0.25, 0.3) is 0 Å². The Balaban J connectivity index is 2.32. The fraction of sp³-hybridized carbons (Fsp3) is 0.500. The second-order valence-electron chi connectivity index (χ2n) is 4.00. The number of aliphatic hydroxyl groups is 1. The second-order valence-corrected chi connectivity index (χ2v) is 4.86. The average Bonchev–Trinajstić information content (AvgIpc) is 2.84. The lowest BCUT2D eigenvalue weighted by Crippen LogP contribution is -2.18. The molecule has 0 aromatic heterocycles. The van der Waals surface area contributed by atoms with Crippen LogP contribution in [0.4, 0.5) is 4.39 Å². The molecular formula is C12H14BrFO3. The molecule has 3 nitrogen and oxygen atoms in total. The summed E-state index contributed by atoms with van der Waals surface area (Å²) in [6, 6.07) is 2.80. The first-order valence-corrected chi connectivity index (χ1v) is 6.25. The maximum absolute atomic E-state index is 13.3. The van der Waals surface area contributed by atoms with Crippen LogP contribution in [0.15, 0.2) is 16.6 Å². The minimum Gasteiger partial charge on any atom is -0.496 e. The summed E-state index contributed by atoms with van der Waals surface area (Å²) < 4.78 is 24.2. The molecule has 0 radical (unpaired) electrons. The minimum absolute atomic E-state index is 0.235. The van der Waals surface area contributed by atoms with Crippen molar-refractivity contribution in [3.8, 4) is 5.75 Å². The number of methoxy groups -OCH3 is 1. The Morgan fingerprint density at radius 1 is 1.59 bits per heavy atom. The van der Waals surface area contributed by atoms with Gasteiger partial charge in [0.1, 0.15) is 17.7 Å². The molecule has 0 bridgehead atoms. The first kappa shape index (κ1) is 12.8. The van der Waals surface area contributed by atoms with Gasteiger partial charge in [0.25, 0.3) is 0 Å². The van der Waals surface area contributed by atoms with Gasteiger partial charge in [0.15, 0.2) is 0 Å². The van der Waals surface area contributed by atoms with E-state index in [0.29, 0.717) is 22.4 Å². The monoisotopic (exact) mass is 304 g/mol. The fourth-order valence-electron chi connectivity index (χ4n) is 2.00. The molecule has 5 heteroatoms. The Morgan fingerprint density at radius 3 is 2.94 bits per heavy atom. The van der Waals surface area contributed by atoms with Crippen molar-refractivity contribution >= 4 is 15.9 Å². The van der Waals surface area contributed by atoms with Crippen molar-refractivity contribution in [1.29, 1.82) is 0 Å². The molecule has 0 spiro atoms. The highest BCUT2D eigenvalue weighted by Crippen LogP contribution is 2.35. The van der Waals surface area contributed by atoms with Gasteiger partial charge in [-0.1, -0.05) is 0 Å². The van der Waals surface area contributed by atoms with Crippen molar-refractivity contribution in [3.63, 3.8) is 0 Å². The van der Waals surface area contributed by atoms with Crippen LogP contribution in [0.1, 0.15) is 24.5 Å². The maximum Gasteiger partial charge on any atom is 0.141 e. The summed E-state index contributed by atoms with van der Waals surface area (Å²) in [7, 11) is 1.45. The zero-order valence-electron chi connectivity index (χ0n) is 9.45. The molecule has 1 heterocycles. The number of hydrogen-bond acceptors (Lipinski definition) is 3. The Labute approximate surface area is 108 Å². The molecule has 1 aliphatic heterocycles. The van der Waals surface area contributed by atoms with Crippen molar-refractivity contribution in [3.05, 3.63) is 28.0 Å². The summed E-state index contributed by atoms with van der Waals surface area (Å²) in [6.45, 7) is 0.659. The summed E-state index contributed by atoms with van der Waals surface area (Å²) in [6.07, 6.45) is 0.719. The average molecular weight is 305 g/mol. The summed E-state index contributed by atoms with van der Waals surface area (Å²) in [5.41, 5.74) is 0.549. The van der Waals surface area contributed by atoms with Crippen LogP contribution in [0.5, 0.6) is 5.75 Å². The highest BCUT2D eigenvalue weighted by Gasteiger charge is 2.28. The maximum atomic E-state index is 13.3. The summed E-state index contributed by atoms with van der Waals surface area (Å²) >= 11 is 3.10. The third-order valence-electron chi connectivity index (χ3n) is 2.91. The summed E-state index contributed by atoms with van der Waals surface area (Å²) in [5.74, 6) is -0.0705. The Kier molecular flexibility index (Phi) is 4.01. The molecule has 1 aliphatic rings. The van der Waals surface area contributed by atoms with Crippen LogP contribution >= 0.6 is 15.9 Å². The van der Waals surface area contributed by atoms with Gasteiger partial charge >= 0.3 is 0 Å². The van der Waals surface area contributed by atoms with E-state index in [1.807, 2.05) is 0 Å². The van der Waals surface area contributed by atoms with E-state index in [1.54, 1.807) is 6.07 Å². The van der Waals surface area contributed by atoms with E-state index in [4.69, 9.17) is 9.47 Å². The fourth-order valence-corrected chi connectivity index (χ4v) is 2.36. The number of aliphatic hydroxyl groups excluding tert-OH is 1. The van der Waals surface area contributed by atoms with Crippen molar-refractivity contribution < 1.29 is 19.0 Å². The van der Waals surface area contributed by atoms with Crippen molar-refractivity contribution in [2.24, 2.45) is 0 Å². The quantitative estimate of drug-likeness (QED) is 0.933. The molecule has 0 aliphatic carbocycles. The Morgan fingerprint density at radius 2 is 2.35 bits per heavy atom. The van der Waals surface area contributed by atoms with E-state index in [0.717, 1.165) is 12.8 Å². The number of ether oxygens (including phenoxy) is 2. The second kappa shape index (κ2) is 5.33. The highest BCUT2D eigenvalue weighted by atomic mass is 79.9. The number of hydrogen-bond donors (Lipinski definition) is 1. The van der Waals surface area contributed by atoms with Crippen LogP contribution in [-0.4, -0.2) is 24.9 Å². The zero-order chi connectivity index (χ0) is 12.4. The van der Waals surface area contributed by atoms with E-state index in [-0.39, 0.29) is 6.10 Å². The third-order valence-corrected chi connectivity index (χ3v) is 3.52. The van der Waals surface area contributed by atoms with Crippen LogP contribution in [-0.2, 0) is 4.74 Å². The van der Waals surface area contributed by atoms with Gasteiger partial charge in [-0.05, 0) is 34.8 Å². The van der Waals surface area contributed by atoms with E-state index >= 15 is 0 Å². The van der Waals surface area contributed by atoms with Crippen LogP contribution in [0.2, 0.25) is 0 Å². The molecular weight excluding hydrogens is 291 g/mol. The number of rotatable bonds is 3. The highest BCUT2D eigenvalue weighted by molar-refractivity contribution is 9.10. The van der Waals surface area contributed by atoms with Gasteiger partial charge in [-0.2, -0.15) is 0 Å². The van der Waals surface area contributed by atoms with Gasteiger partial charge < -0.3 is 14.6 Å². The van der Waals surface area contributed by atoms with Gasteiger partial charge in [0.2, 0.25) is 0 Å².